The van der Waals surface area contributed by atoms with E-state index in [0.29, 0.717) is 22.3 Å². The van der Waals surface area contributed by atoms with Crippen LogP contribution in [0.2, 0.25) is 0 Å². The Balaban J connectivity index is 1.49. The van der Waals surface area contributed by atoms with E-state index in [0.717, 1.165) is 16.8 Å². The first-order valence-electron chi connectivity index (χ1n) is 9.84. The van der Waals surface area contributed by atoms with Gasteiger partial charge < -0.3 is 0 Å². The lowest BCUT2D eigenvalue weighted by molar-refractivity contribution is 0.0979. The lowest BCUT2D eigenvalue weighted by Crippen LogP contribution is -2.21. The maximum absolute atomic E-state index is 13.0. The van der Waals surface area contributed by atoms with Gasteiger partial charge in [-0.25, -0.2) is 4.68 Å². The molecule has 1 heterocycles. The Kier molecular flexibility index (Phi) is 4.17. The molecule has 146 valence electrons. The Morgan fingerprint density at radius 1 is 0.800 bits per heavy atom. The maximum atomic E-state index is 13.0. The van der Waals surface area contributed by atoms with Crippen LogP contribution in [-0.4, -0.2) is 26.6 Å². The molecule has 30 heavy (non-hydrogen) atoms. The van der Waals surface area contributed by atoms with E-state index in [-0.39, 0.29) is 17.6 Å². The molecule has 0 saturated carbocycles. The molecule has 0 saturated heterocycles. The van der Waals surface area contributed by atoms with Crippen molar-refractivity contribution < 1.29 is 9.59 Å². The van der Waals surface area contributed by atoms with E-state index in [9.17, 15) is 9.59 Å². The molecule has 5 heteroatoms. The first-order valence-corrected chi connectivity index (χ1v) is 9.84. The van der Waals surface area contributed by atoms with Crippen LogP contribution in [0.15, 0.2) is 72.9 Å². The zero-order valence-electron chi connectivity index (χ0n) is 16.7. The molecular formula is C25H19N3O2. The topological polar surface area (TPSA) is 64.8 Å². The predicted molar refractivity (Wildman–Crippen MR) is 114 cm³/mol. The van der Waals surface area contributed by atoms with E-state index < -0.39 is 0 Å². The number of carbonyl (C=O) groups is 2. The van der Waals surface area contributed by atoms with Gasteiger partial charge in [0.15, 0.2) is 11.6 Å². The summed E-state index contributed by atoms with van der Waals surface area (Å²) in [6.45, 7) is 4.04. The Morgan fingerprint density at radius 3 is 2.13 bits per heavy atom. The largest absolute Gasteiger partial charge is 0.289 e. The summed E-state index contributed by atoms with van der Waals surface area (Å²) in [7, 11) is 0. The number of nitrogens with zero attached hydrogens (tertiary/aromatic N) is 3. The highest BCUT2D eigenvalue weighted by Crippen LogP contribution is 2.30. The minimum absolute atomic E-state index is 0.109. The summed E-state index contributed by atoms with van der Waals surface area (Å²) in [5, 5.41) is 8.59. The minimum atomic E-state index is -0.137. The summed E-state index contributed by atoms with van der Waals surface area (Å²) < 4.78 is 1.78. The normalized spacial score (nSPS) is 13.7. The smallest absolute Gasteiger partial charge is 0.194 e. The van der Waals surface area contributed by atoms with Crippen molar-refractivity contribution in [1.29, 1.82) is 0 Å². The van der Waals surface area contributed by atoms with Crippen LogP contribution in [0.5, 0.6) is 0 Å². The van der Waals surface area contributed by atoms with Crippen LogP contribution >= 0.6 is 0 Å². The number of fused-ring (bicyclic) bond motifs is 2. The second kappa shape index (κ2) is 6.88. The van der Waals surface area contributed by atoms with Crippen molar-refractivity contribution in [2.45, 2.75) is 19.9 Å². The average Bonchev–Trinajstić information content (AvgIpc) is 3.27. The zero-order chi connectivity index (χ0) is 20.8. The molecule has 0 fully saturated rings. The molecule has 0 spiro atoms. The van der Waals surface area contributed by atoms with Gasteiger partial charge in [0.1, 0.15) is 5.69 Å². The molecule has 1 aliphatic carbocycles. The number of carbonyl (C=O) groups excluding carboxylic acids is 2. The lowest BCUT2D eigenvalue weighted by Gasteiger charge is -2.19. The van der Waals surface area contributed by atoms with Crippen LogP contribution in [0.3, 0.4) is 0 Å². The predicted octanol–water partition coefficient (Wildman–Crippen LogP) is 4.64. The molecule has 0 amide bonds. The quantitative estimate of drug-likeness (QED) is 0.448. The number of ketones is 2. The van der Waals surface area contributed by atoms with Gasteiger partial charge >= 0.3 is 0 Å². The fourth-order valence-electron chi connectivity index (χ4n) is 3.85. The summed E-state index contributed by atoms with van der Waals surface area (Å²) in [6.07, 6.45) is 1.90. The van der Waals surface area contributed by atoms with Gasteiger partial charge in [-0.2, -0.15) is 0 Å². The first kappa shape index (κ1) is 18.2. The molecule has 0 radical (unpaired) electrons. The molecule has 1 unspecified atom stereocenters. The third-order valence-corrected chi connectivity index (χ3v) is 5.69. The van der Waals surface area contributed by atoms with E-state index in [4.69, 9.17) is 0 Å². The van der Waals surface area contributed by atoms with Crippen LogP contribution in [0.1, 0.15) is 55.9 Å². The Morgan fingerprint density at radius 2 is 1.43 bits per heavy atom. The third-order valence-electron chi connectivity index (χ3n) is 5.69. The molecule has 4 aromatic rings. The zero-order valence-corrected chi connectivity index (χ0v) is 16.7. The van der Waals surface area contributed by atoms with Crippen molar-refractivity contribution in [3.8, 4) is 11.3 Å². The molecule has 1 atom stereocenters. The van der Waals surface area contributed by atoms with Gasteiger partial charge in [0, 0.05) is 27.8 Å². The minimum Gasteiger partial charge on any atom is -0.289 e. The molecule has 1 aromatic heterocycles. The van der Waals surface area contributed by atoms with Crippen LogP contribution in [0, 0.1) is 6.92 Å². The third kappa shape index (κ3) is 2.87. The number of hydrogen-bond acceptors (Lipinski definition) is 4. The summed E-state index contributed by atoms with van der Waals surface area (Å²) in [4.78, 5) is 25.8. The maximum Gasteiger partial charge on any atom is 0.194 e. The van der Waals surface area contributed by atoms with E-state index in [1.54, 1.807) is 35.0 Å². The highest BCUT2D eigenvalue weighted by atomic mass is 16.1. The molecule has 0 bridgehead atoms. The van der Waals surface area contributed by atoms with Gasteiger partial charge in [-0.1, -0.05) is 65.4 Å². The molecule has 0 N–H and O–H groups in total. The molecule has 5 nitrogen and oxygen atoms in total. The monoisotopic (exact) mass is 393 g/mol. The van der Waals surface area contributed by atoms with Gasteiger partial charge in [-0.3, -0.25) is 9.59 Å². The number of hydrogen-bond donors (Lipinski definition) is 0. The van der Waals surface area contributed by atoms with Crippen LogP contribution < -0.4 is 0 Å². The second-order valence-electron chi connectivity index (χ2n) is 7.63. The Hall–Kier alpha value is -3.86. The SMILES string of the molecule is Cc1ccc(-c2cn(C(C)c3ccc4c(c3)C(=O)c3ccccc3C4=O)nn2)cc1. The molecule has 5 rings (SSSR count). The second-order valence-corrected chi connectivity index (χ2v) is 7.63. The number of benzene rings is 3. The van der Waals surface area contributed by atoms with Crippen LogP contribution in [0.25, 0.3) is 11.3 Å². The van der Waals surface area contributed by atoms with Gasteiger partial charge in [-0.15, -0.1) is 5.10 Å². The van der Waals surface area contributed by atoms with E-state index in [1.807, 2.05) is 56.4 Å². The van der Waals surface area contributed by atoms with Gasteiger partial charge in [-0.05, 0) is 31.5 Å². The van der Waals surface area contributed by atoms with E-state index >= 15 is 0 Å². The van der Waals surface area contributed by atoms with Gasteiger partial charge in [0.2, 0.25) is 0 Å². The van der Waals surface area contributed by atoms with Crippen LogP contribution in [0.4, 0.5) is 0 Å². The molecular weight excluding hydrogens is 374 g/mol. The fraction of sp³-hybridized carbons (Fsp3) is 0.120. The van der Waals surface area contributed by atoms with Crippen molar-refractivity contribution in [2.24, 2.45) is 0 Å². The summed E-state index contributed by atoms with van der Waals surface area (Å²) in [6, 6.07) is 20.4. The fourth-order valence-corrected chi connectivity index (χ4v) is 3.85. The van der Waals surface area contributed by atoms with Gasteiger partial charge in [0.25, 0.3) is 0 Å². The first-order chi connectivity index (χ1) is 14.5. The molecule has 1 aliphatic rings. The van der Waals surface area contributed by atoms with Crippen LogP contribution in [-0.2, 0) is 0 Å². The Bertz CT molecular complexity index is 1300. The lowest BCUT2D eigenvalue weighted by atomic mass is 9.83. The van der Waals surface area contributed by atoms with E-state index in [2.05, 4.69) is 10.3 Å². The number of rotatable bonds is 3. The van der Waals surface area contributed by atoms with Gasteiger partial charge in [0.05, 0.1) is 12.2 Å². The van der Waals surface area contributed by atoms with Crippen molar-refractivity contribution in [2.75, 3.05) is 0 Å². The van der Waals surface area contributed by atoms with Crippen molar-refractivity contribution in [3.63, 3.8) is 0 Å². The standard InChI is InChI=1S/C25H19N3O2/c1-15-7-9-17(10-8-15)23-14-28(27-26-23)16(2)18-11-12-21-22(13-18)25(30)20-6-4-3-5-19(20)24(21)29/h3-14,16H,1-2H3. The van der Waals surface area contributed by atoms with Crippen molar-refractivity contribution in [1.82, 2.24) is 15.0 Å². The summed E-state index contributed by atoms with van der Waals surface area (Å²) >= 11 is 0. The number of aryl methyl sites for hydroxylation is 1. The summed E-state index contributed by atoms with van der Waals surface area (Å²) in [5.41, 5.74) is 5.71. The van der Waals surface area contributed by atoms with Crippen molar-refractivity contribution in [3.05, 3.63) is 106 Å². The molecule has 0 aliphatic heterocycles. The highest BCUT2D eigenvalue weighted by Gasteiger charge is 2.30. The number of aromatic nitrogens is 3. The van der Waals surface area contributed by atoms with Crippen molar-refractivity contribution >= 4 is 11.6 Å². The Labute approximate surface area is 174 Å². The molecule has 3 aromatic carbocycles. The average molecular weight is 393 g/mol. The summed E-state index contributed by atoms with van der Waals surface area (Å²) in [5.74, 6) is -0.227. The highest BCUT2D eigenvalue weighted by molar-refractivity contribution is 6.28. The van der Waals surface area contributed by atoms with E-state index in [1.165, 1.54) is 5.56 Å².